The average molecular weight is 326 g/mol. The lowest BCUT2D eigenvalue weighted by molar-refractivity contribution is 1.47. The number of thiophene rings is 1. The molecule has 0 nitrogen and oxygen atoms in total. The number of benzene rings is 3. The summed E-state index contributed by atoms with van der Waals surface area (Å²) in [6, 6.07) is 32.4. The Morgan fingerprint density at radius 2 is 1.21 bits per heavy atom. The predicted molar refractivity (Wildman–Crippen MR) is 105 cm³/mol. The van der Waals surface area contributed by atoms with Crippen LogP contribution < -0.4 is 0 Å². The van der Waals surface area contributed by atoms with Crippen molar-refractivity contribution in [1.82, 2.24) is 0 Å². The third kappa shape index (κ3) is 2.91. The summed E-state index contributed by atoms with van der Waals surface area (Å²) in [6.45, 7) is 2.15. The van der Waals surface area contributed by atoms with Crippen LogP contribution in [0.4, 0.5) is 0 Å². The predicted octanol–water partition coefficient (Wildman–Crippen LogP) is 7.06. The van der Waals surface area contributed by atoms with Crippen LogP contribution in [0.3, 0.4) is 0 Å². The van der Waals surface area contributed by atoms with E-state index in [2.05, 4.69) is 97.9 Å². The fourth-order valence-electron chi connectivity index (χ4n) is 2.97. The largest absolute Gasteiger partial charge is 0.135 e. The topological polar surface area (TPSA) is 0 Å². The number of hydrogen-bond acceptors (Lipinski definition) is 1. The number of hydrogen-bond donors (Lipinski definition) is 0. The first-order chi connectivity index (χ1) is 11.8. The van der Waals surface area contributed by atoms with E-state index in [-0.39, 0.29) is 0 Å². The van der Waals surface area contributed by atoms with Crippen LogP contribution in [0.1, 0.15) is 5.56 Å². The van der Waals surface area contributed by atoms with Gasteiger partial charge in [-0.15, -0.1) is 11.3 Å². The van der Waals surface area contributed by atoms with Crippen molar-refractivity contribution >= 4 is 11.3 Å². The van der Waals surface area contributed by atoms with Crippen LogP contribution in [0.5, 0.6) is 0 Å². The van der Waals surface area contributed by atoms with Gasteiger partial charge < -0.3 is 0 Å². The minimum Gasteiger partial charge on any atom is -0.135 e. The summed E-state index contributed by atoms with van der Waals surface area (Å²) in [4.78, 5) is 2.64. The van der Waals surface area contributed by atoms with E-state index in [1.807, 2.05) is 11.3 Å². The third-order valence-corrected chi connectivity index (χ3v) is 5.39. The molecule has 0 N–H and O–H groups in total. The fraction of sp³-hybridized carbons (Fsp3) is 0.0435. The fourth-order valence-corrected chi connectivity index (χ4v) is 4.16. The van der Waals surface area contributed by atoms with E-state index in [0.29, 0.717) is 0 Å². The first-order valence-corrected chi connectivity index (χ1v) is 8.94. The van der Waals surface area contributed by atoms with Crippen LogP contribution in [-0.2, 0) is 0 Å². The van der Waals surface area contributed by atoms with Gasteiger partial charge in [0.25, 0.3) is 0 Å². The van der Waals surface area contributed by atoms with E-state index < -0.39 is 0 Å². The van der Waals surface area contributed by atoms with Crippen LogP contribution in [0.15, 0.2) is 91.0 Å². The molecule has 0 aliphatic heterocycles. The zero-order chi connectivity index (χ0) is 16.4. The monoisotopic (exact) mass is 326 g/mol. The molecule has 0 bridgehead atoms. The summed E-state index contributed by atoms with van der Waals surface area (Å²) < 4.78 is 0. The van der Waals surface area contributed by atoms with Gasteiger partial charge in [-0.2, -0.15) is 0 Å². The second kappa shape index (κ2) is 6.46. The Kier molecular flexibility index (Phi) is 4.02. The van der Waals surface area contributed by atoms with Crippen molar-refractivity contribution in [1.29, 1.82) is 0 Å². The molecule has 0 spiro atoms. The maximum absolute atomic E-state index is 2.33. The highest BCUT2D eigenvalue weighted by atomic mass is 32.1. The number of rotatable bonds is 3. The standard InChI is InChI=1S/C23H18S/c1-17-9-8-14-20(15-17)21-16-22(18-10-4-2-5-11-18)24-23(21)19-12-6-3-7-13-19/h2-16H,1H3. The highest BCUT2D eigenvalue weighted by Gasteiger charge is 2.14. The Balaban J connectivity index is 1.92. The molecule has 0 aliphatic carbocycles. The van der Waals surface area contributed by atoms with E-state index >= 15 is 0 Å². The second-order valence-electron chi connectivity index (χ2n) is 5.95. The van der Waals surface area contributed by atoms with Gasteiger partial charge in [0.05, 0.1) is 0 Å². The second-order valence-corrected chi connectivity index (χ2v) is 7.01. The Labute approximate surface area is 147 Å². The molecule has 0 saturated heterocycles. The Hall–Kier alpha value is -2.64. The van der Waals surface area contributed by atoms with E-state index in [0.717, 1.165) is 0 Å². The first-order valence-electron chi connectivity index (χ1n) is 8.13. The smallest absolute Gasteiger partial charge is 0.0427 e. The van der Waals surface area contributed by atoms with Crippen molar-refractivity contribution in [2.75, 3.05) is 0 Å². The van der Waals surface area contributed by atoms with Crippen LogP contribution in [-0.4, -0.2) is 0 Å². The molecule has 24 heavy (non-hydrogen) atoms. The van der Waals surface area contributed by atoms with E-state index in [1.54, 1.807) is 0 Å². The summed E-state index contributed by atoms with van der Waals surface area (Å²) in [5, 5.41) is 0. The first kappa shape index (κ1) is 14.9. The summed E-state index contributed by atoms with van der Waals surface area (Å²) in [5.41, 5.74) is 6.44. The van der Waals surface area contributed by atoms with Crippen LogP contribution in [0, 0.1) is 6.92 Å². The molecule has 3 aromatic carbocycles. The third-order valence-electron chi connectivity index (χ3n) is 4.16. The maximum Gasteiger partial charge on any atom is 0.0427 e. The maximum atomic E-state index is 2.33. The zero-order valence-corrected chi connectivity index (χ0v) is 14.4. The molecule has 116 valence electrons. The normalized spacial score (nSPS) is 10.7. The highest BCUT2D eigenvalue weighted by Crippen LogP contribution is 2.43. The Morgan fingerprint density at radius 3 is 1.88 bits per heavy atom. The number of aryl methyl sites for hydroxylation is 1. The molecule has 1 heteroatoms. The summed E-state index contributed by atoms with van der Waals surface area (Å²) in [7, 11) is 0. The van der Waals surface area contributed by atoms with Crippen molar-refractivity contribution in [3.05, 3.63) is 96.6 Å². The lowest BCUT2D eigenvalue weighted by Crippen LogP contribution is -1.80. The highest BCUT2D eigenvalue weighted by molar-refractivity contribution is 7.19. The quantitative estimate of drug-likeness (QED) is 0.378. The lowest BCUT2D eigenvalue weighted by atomic mass is 10.00. The molecule has 0 unspecified atom stereocenters. The van der Waals surface area contributed by atoms with Gasteiger partial charge in [0.2, 0.25) is 0 Å². The zero-order valence-electron chi connectivity index (χ0n) is 13.6. The molecule has 0 saturated carbocycles. The summed E-state index contributed by atoms with van der Waals surface area (Å²) in [6.07, 6.45) is 0. The van der Waals surface area contributed by atoms with Gasteiger partial charge in [0.15, 0.2) is 0 Å². The Morgan fingerprint density at radius 1 is 0.583 bits per heavy atom. The van der Waals surface area contributed by atoms with E-state index in [9.17, 15) is 0 Å². The van der Waals surface area contributed by atoms with E-state index in [4.69, 9.17) is 0 Å². The van der Waals surface area contributed by atoms with Gasteiger partial charge in [0.1, 0.15) is 0 Å². The van der Waals surface area contributed by atoms with Crippen LogP contribution in [0.25, 0.3) is 32.0 Å². The molecule has 4 rings (SSSR count). The minimum atomic E-state index is 1.28. The van der Waals surface area contributed by atoms with Gasteiger partial charge in [-0.05, 0) is 29.7 Å². The van der Waals surface area contributed by atoms with Crippen molar-refractivity contribution < 1.29 is 0 Å². The molecular formula is C23H18S. The van der Waals surface area contributed by atoms with Crippen molar-refractivity contribution in [3.63, 3.8) is 0 Å². The molecule has 1 aromatic heterocycles. The molecule has 0 aliphatic rings. The average Bonchev–Trinajstić information content (AvgIpc) is 3.09. The Bertz CT molecular complexity index is 950. The molecule has 0 atom stereocenters. The molecule has 1 heterocycles. The van der Waals surface area contributed by atoms with Gasteiger partial charge in [-0.1, -0.05) is 90.5 Å². The molecular weight excluding hydrogens is 308 g/mol. The van der Waals surface area contributed by atoms with Gasteiger partial charge in [-0.25, -0.2) is 0 Å². The lowest BCUT2D eigenvalue weighted by Gasteiger charge is -2.05. The summed E-state index contributed by atoms with van der Waals surface area (Å²) >= 11 is 1.87. The van der Waals surface area contributed by atoms with Crippen molar-refractivity contribution in [2.24, 2.45) is 0 Å². The van der Waals surface area contributed by atoms with Gasteiger partial charge in [-0.3, -0.25) is 0 Å². The summed E-state index contributed by atoms with van der Waals surface area (Å²) in [5.74, 6) is 0. The van der Waals surface area contributed by atoms with Crippen molar-refractivity contribution in [2.45, 2.75) is 6.92 Å². The molecule has 0 fully saturated rings. The van der Waals surface area contributed by atoms with Gasteiger partial charge >= 0.3 is 0 Å². The van der Waals surface area contributed by atoms with Crippen molar-refractivity contribution in [3.8, 4) is 32.0 Å². The van der Waals surface area contributed by atoms with E-state index in [1.165, 1.54) is 37.6 Å². The molecule has 4 aromatic rings. The SMILES string of the molecule is Cc1cccc(-c2cc(-c3ccccc3)sc2-c2ccccc2)c1. The molecule has 0 amide bonds. The van der Waals surface area contributed by atoms with Crippen LogP contribution in [0.2, 0.25) is 0 Å². The molecule has 0 radical (unpaired) electrons. The van der Waals surface area contributed by atoms with Crippen LogP contribution >= 0.6 is 11.3 Å². The van der Waals surface area contributed by atoms with Gasteiger partial charge in [0, 0.05) is 15.3 Å². The minimum absolute atomic E-state index is 1.28.